The number of amides is 1. The number of pyridine rings is 1. The fraction of sp³-hybridized carbons (Fsp3) is 0.300. The van der Waals surface area contributed by atoms with Gasteiger partial charge in [0.1, 0.15) is 24.2 Å². The Hall–Kier alpha value is -2.46. The van der Waals surface area contributed by atoms with Gasteiger partial charge in [-0.3, -0.25) is 9.63 Å². The maximum atomic E-state index is 14.6. The van der Waals surface area contributed by atoms with Gasteiger partial charge in [-0.25, -0.2) is 14.9 Å². The lowest BCUT2D eigenvalue weighted by Gasteiger charge is -2.11. The Bertz CT molecular complexity index is 1020. The van der Waals surface area contributed by atoms with Crippen LogP contribution in [0, 0.1) is 5.82 Å². The van der Waals surface area contributed by atoms with E-state index in [2.05, 4.69) is 10.5 Å². The molecule has 7 nitrogen and oxygen atoms in total. The van der Waals surface area contributed by atoms with Crippen LogP contribution < -0.4 is 5.48 Å². The van der Waals surface area contributed by atoms with Crippen molar-refractivity contribution in [2.45, 2.75) is 17.4 Å². The lowest BCUT2D eigenvalue weighted by molar-refractivity contribution is -0.0295. The summed E-state index contributed by atoms with van der Waals surface area (Å²) in [5.74, 6) is -0.881. The Labute approximate surface area is 171 Å². The Kier molecular flexibility index (Phi) is 6.86. The summed E-state index contributed by atoms with van der Waals surface area (Å²) >= 11 is 1.45. The average Bonchev–Trinajstić information content (AvgIpc) is 3.01. The number of nitrogens with one attached hydrogen (secondary N) is 1. The van der Waals surface area contributed by atoms with Crippen LogP contribution in [0.15, 0.2) is 41.4 Å². The highest BCUT2D eigenvalue weighted by Crippen LogP contribution is 2.27. The van der Waals surface area contributed by atoms with Crippen molar-refractivity contribution < 1.29 is 24.2 Å². The molecule has 3 N–H and O–H groups in total. The number of thioether (sulfide) groups is 1. The van der Waals surface area contributed by atoms with E-state index < -0.39 is 18.6 Å². The molecule has 3 rings (SSSR count). The minimum atomic E-state index is -1.10. The summed E-state index contributed by atoms with van der Waals surface area (Å²) in [6, 6.07) is 8.49. The van der Waals surface area contributed by atoms with Crippen LogP contribution in [0.2, 0.25) is 0 Å². The van der Waals surface area contributed by atoms with Crippen molar-refractivity contribution in [2.24, 2.45) is 7.05 Å². The molecule has 0 aliphatic carbocycles. The number of hydrogen-bond donors (Lipinski definition) is 3. The summed E-state index contributed by atoms with van der Waals surface area (Å²) in [7, 11) is 1.77. The van der Waals surface area contributed by atoms with Gasteiger partial charge in [0.15, 0.2) is 0 Å². The van der Waals surface area contributed by atoms with Crippen LogP contribution in [0.4, 0.5) is 4.39 Å². The van der Waals surface area contributed by atoms with E-state index in [1.54, 1.807) is 36.0 Å². The molecule has 2 aromatic heterocycles. The highest BCUT2D eigenvalue weighted by Gasteiger charge is 2.23. The van der Waals surface area contributed by atoms with E-state index in [4.69, 9.17) is 9.94 Å². The Morgan fingerprint density at radius 1 is 1.41 bits per heavy atom. The van der Waals surface area contributed by atoms with Crippen molar-refractivity contribution >= 4 is 28.7 Å². The number of hydroxylamine groups is 1. The van der Waals surface area contributed by atoms with Gasteiger partial charge < -0.3 is 14.8 Å². The molecule has 1 atom stereocenters. The minimum Gasteiger partial charge on any atom is -0.394 e. The molecule has 3 aromatic rings. The van der Waals surface area contributed by atoms with Gasteiger partial charge in [-0.1, -0.05) is 6.07 Å². The van der Waals surface area contributed by atoms with E-state index in [1.807, 2.05) is 12.3 Å². The van der Waals surface area contributed by atoms with Crippen molar-refractivity contribution in [3.05, 3.63) is 59.2 Å². The summed E-state index contributed by atoms with van der Waals surface area (Å²) in [5.41, 5.74) is 4.23. The number of carbonyl (C=O) groups is 1. The molecule has 9 heteroatoms. The molecule has 0 radical (unpaired) electrons. The summed E-state index contributed by atoms with van der Waals surface area (Å²) in [6.07, 6.45) is 2.58. The zero-order valence-electron chi connectivity index (χ0n) is 16.1. The fourth-order valence-corrected chi connectivity index (χ4v) is 3.48. The average molecular weight is 419 g/mol. The number of aromatic nitrogens is 2. The number of aliphatic hydroxyl groups is 2. The molecule has 0 unspecified atom stereocenters. The first-order chi connectivity index (χ1) is 14.0. The number of rotatable bonds is 8. The lowest BCUT2D eigenvalue weighted by atomic mass is 10.0. The molecular weight excluding hydrogens is 397 g/mol. The van der Waals surface area contributed by atoms with Crippen LogP contribution in [-0.4, -0.2) is 51.2 Å². The van der Waals surface area contributed by atoms with Crippen molar-refractivity contribution in [1.29, 1.82) is 0 Å². The number of fused-ring (bicyclic) bond motifs is 1. The third-order valence-electron chi connectivity index (χ3n) is 4.56. The van der Waals surface area contributed by atoms with Gasteiger partial charge in [-0.2, -0.15) is 0 Å². The zero-order chi connectivity index (χ0) is 21.0. The molecule has 0 aliphatic rings. The molecule has 0 bridgehead atoms. The smallest absolute Gasteiger partial charge is 0.277 e. The summed E-state index contributed by atoms with van der Waals surface area (Å²) in [6.45, 7) is -0.740. The maximum absolute atomic E-state index is 14.6. The molecule has 154 valence electrons. The first-order valence-electron chi connectivity index (χ1n) is 8.92. The second-order valence-electron chi connectivity index (χ2n) is 6.47. The van der Waals surface area contributed by atoms with Gasteiger partial charge in [0.25, 0.3) is 5.91 Å². The normalized spacial score (nSPS) is 12.3. The predicted molar refractivity (Wildman–Crippen MR) is 108 cm³/mol. The van der Waals surface area contributed by atoms with Gasteiger partial charge in [0, 0.05) is 35.6 Å². The van der Waals surface area contributed by atoms with Crippen LogP contribution in [0.1, 0.15) is 21.6 Å². The number of carbonyl (C=O) groups excluding carboxylic acids is 1. The highest BCUT2D eigenvalue weighted by atomic mass is 32.2. The molecule has 2 heterocycles. The monoisotopic (exact) mass is 419 g/mol. The summed E-state index contributed by atoms with van der Waals surface area (Å²) < 4.78 is 16.3. The van der Waals surface area contributed by atoms with Gasteiger partial charge in [0.05, 0.1) is 12.2 Å². The van der Waals surface area contributed by atoms with E-state index in [0.29, 0.717) is 27.9 Å². The Morgan fingerprint density at radius 3 is 2.90 bits per heavy atom. The minimum absolute atomic E-state index is 0.190. The van der Waals surface area contributed by atoms with Crippen molar-refractivity contribution in [3.8, 4) is 0 Å². The molecule has 0 aliphatic heterocycles. The second-order valence-corrected chi connectivity index (χ2v) is 7.35. The van der Waals surface area contributed by atoms with Crippen LogP contribution in [0.5, 0.6) is 0 Å². The predicted octanol–water partition coefficient (Wildman–Crippen LogP) is 2.04. The van der Waals surface area contributed by atoms with Crippen molar-refractivity contribution in [2.75, 3.05) is 19.5 Å². The maximum Gasteiger partial charge on any atom is 0.277 e. The Balaban J connectivity index is 1.97. The van der Waals surface area contributed by atoms with Crippen LogP contribution >= 0.6 is 11.8 Å². The van der Waals surface area contributed by atoms with E-state index in [0.717, 1.165) is 4.90 Å². The molecule has 1 aromatic carbocycles. The number of aliphatic hydroxyl groups excluding tert-OH is 2. The highest BCUT2D eigenvalue weighted by molar-refractivity contribution is 7.98. The number of benzene rings is 1. The molecular formula is C20H22FN3O4S. The second kappa shape index (κ2) is 9.36. The van der Waals surface area contributed by atoms with E-state index in [9.17, 15) is 14.3 Å². The molecule has 29 heavy (non-hydrogen) atoms. The van der Waals surface area contributed by atoms with E-state index in [-0.39, 0.29) is 18.8 Å². The molecule has 1 amide bonds. The van der Waals surface area contributed by atoms with Gasteiger partial charge in [-0.15, -0.1) is 11.8 Å². The quantitative estimate of drug-likeness (QED) is 0.382. The van der Waals surface area contributed by atoms with Crippen molar-refractivity contribution in [3.63, 3.8) is 0 Å². The zero-order valence-corrected chi connectivity index (χ0v) is 16.9. The number of aryl methyl sites for hydroxylation is 1. The third-order valence-corrected chi connectivity index (χ3v) is 5.29. The molecule has 0 saturated carbocycles. The van der Waals surface area contributed by atoms with Crippen LogP contribution in [0.3, 0.4) is 0 Å². The van der Waals surface area contributed by atoms with Gasteiger partial charge in [0.2, 0.25) is 0 Å². The van der Waals surface area contributed by atoms with Gasteiger partial charge >= 0.3 is 0 Å². The standard InChI is InChI=1S/C20H22FN3O4S/c1-24-17(8-12-5-6-14(29-2)9-16(12)21)18(15-4-3-7-22-19(15)24)20(27)23-28-11-13(26)10-25/h3-7,9,13,25-26H,8,10-11H2,1-2H3,(H,23,27)/t13-/m1/s1. The third kappa shape index (κ3) is 4.59. The van der Waals surface area contributed by atoms with E-state index in [1.165, 1.54) is 17.8 Å². The van der Waals surface area contributed by atoms with Crippen molar-refractivity contribution in [1.82, 2.24) is 15.0 Å². The molecule has 0 fully saturated rings. The van der Waals surface area contributed by atoms with Crippen LogP contribution in [-0.2, 0) is 18.3 Å². The first-order valence-corrected chi connectivity index (χ1v) is 10.1. The SMILES string of the molecule is CSc1ccc(Cc2c(C(=O)NOC[C@H](O)CO)c3cccnc3n2C)c(F)c1. The first kappa shape index (κ1) is 21.3. The fourth-order valence-electron chi connectivity index (χ4n) is 3.06. The molecule has 0 saturated heterocycles. The van der Waals surface area contributed by atoms with Gasteiger partial charge in [-0.05, 0) is 36.1 Å². The topological polar surface area (TPSA) is 96.6 Å². The Morgan fingerprint density at radius 2 is 2.21 bits per heavy atom. The number of hydrogen-bond acceptors (Lipinski definition) is 6. The van der Waals surface area contributed by atoms with Crippen LogP contribution in [0.25, 0.3) is 11.0 Å². The lowest BCUT2D eigenvalue weighted by Crippen LogP contribution is -2.30. The number of nitrogens with zero attached hydrogens (tertiary/aromatic N) is 2. The molecule has 0 spiro atoms. The number of halogens is 1. The summed E-state index contributed by atoms with van der Waals surface area (Å²) in [4.78, 5) is 23.0. The van der Waals surface area contributed by atoms with E-state index >= 15 is 0 Å². The largest absolute Gasteiger partial charge is 0.394 e. The summed E-state index contributed by atoms with van der Waals surface area (Å²) in [5, 5.41) is 18.8.